The van der Waals surface area contributed by atoms with Crippen LogP contribution < -0.4 is 4.74 Å². The van der Waals surface area contributed by atoms with E-state index in [0.29, 0.717) is 11.3 Å². The van der Waals surface area contributed by atoms with Crippen LogP contribution in [0.5, 0.6) is 5.75 Å². The molecule has 3 nitrogen and oxygen atoms in total. The minimum Gasteiger partial charge on any atom is -0.497 e. The highest BCUT2D eigenvalue weighted by molar-refractivity contribution is 5.91. The number of rotatable bonds is 3. The lowest BCUT2D eigenvalue weighted by Gasteiger charge is -2.18. The predicted molar refractivity (Wildman–Crippen MR) is 67.9 cm³/mol. The number of halogens is 1. The minimum atomic E-state index is -0.960. The maximum Gasteiger partial charge on any atom is 0.367 e. The van der Waals surface area contributed by atoms with E-state index in [9.17, 15) is 9.18 Å². The van der Waals surface area contributed by atoms with Crippen molar-refractivity contribution >= 4 is 12.0 Å². The smallest absolute Gasteiger partial charge is 0.367 e. The Morgan fingerprint density at radius 2 is 1.78 bits per heavy atom. The molecule has 4 heteroatoms. The minimum absolute atomic E-state index is 0.569. The molecule has 0 saturated carbocycles. The molecule has 0 N–H and O–H groups in total. The van der Waals surface area contributed by atoms with Crippen LogP contribution in [0.25, 0.3) is 6.08 Å². The molecule has 0 fully saturated rings. The molecule has 0 atom stereocenters. The molecule has 0 spiro atoms. The lowest BCUT2D eigenvalue weighted by Crippen LogP contribution is -2.24. The molecule has 1 rings (SSSR count). The topological polar surface area (TPSA) is 35.5 Å². The first-order chi connectivity index (χ1) is 8.31. The molecule has 0 aliphatic heterocycles. The molecular formula is C14H17FO3. The summed E-state index contributed by atoms with van der Waals surface area (Å²) in [7, 11) is 1.55. The Balaban J connectivity index is 2.78. The van der Waals surface area contributed by atoms with Crippen molar-refractivity contribution in [3.8, 4) is 5.75 Å². The van der Waals surface area contributed by atoms with Gasteiger partial charge in [-0.1, -0.05) is 12.1 Å². The van der Waals surface area contributed by atoms with Crippen molar-refractivity contribution in [3.63, 3.8) is 0 Å². The van der Waals surface area contributed by atoms with Crippen LogP contribution in [-0.2, 0) is 9.53 Å². The van der Waals surface area contributed by atoms with Gasteiger partial charge in [-0.3, -0.25) is 0 Å². The summed E-state index contributed by atoms with van der Waals surface area (Å²) in [6, 6.07) is 6.69. The number of carbonyl (C=O) groups excluding carboxylic acids is 1. The van der Waals surface area contributed by atoms with Crippen LogP contribution in [0, 0.1) is 0 Å². The Morgan fingerprint density at radius 3 is 2.22 bits per heavy atom. The van der Waals surface area contributed by atoms with Gasteiger partial charge in [-0.2, -0.15) is 4.39 Å². The van der Waals surface area contributed by atoms with Gasteiger partial charge in [-0.25, -0.2) is 4.79 Å². The van der Waals surface area contributed by atoms with Crippen LogP contribution in [0.15, 0.2) is 30.1 Å². The zero-order chi connectivity index (χ0) is 13.8. The van der Waals surface area contributed by atoms with E-state index in [0.717, 1.165) is 6.08 Å². The van der Waals surface area contributed by atoms with E-state index in [1.165, 1.54) is 0 Å². The van der Waals surface area contributed by atoms with Gasteiger partial charge < -0.3 is 9.47 Å². The van der Waals surface area contributed by atoms with Gasteiger partial charge in [0.15, 0.2) is 0 Å². The third-order valence-corrected chi connectivity index (χ3v) is 2.00. The number of benzene rings is 1. The third-order valence-electron chi connectivity index (χ3n) is 2.00. The average Bonchev–Trinajstić information content (AvgIpc) is 2.27. The number of esters is 1. The zero-order valence-electron chi connectivity index (χ0n) is 11.0. The Bertz CT molecular complexity index is 441. The fourth-order valence-electron chi connectivity index (χ4n) is 1.23. The number of ether oxygens (including phenoxy) is 2. The summed E-state index contributed by atoms with van der Waals surface area (Å²) in [4.78, 5) is 11.4. The van der Waals surface area contributed by atoms with Crippen molar-refractivity contribution in [1.29, 1.82) is 0 Å². The lowest BCUT2D eigenvalue weighted by atomic mass is 10.2. The Hall–Kier alpha value is -1.84. The maximum absolute atomic E-state index is 13.6. The van der Waals surface area contributed by atoms with Gasteiger partial charge in [0.05, 0.1) is 7.11 Å². The second-order valence-corrected chi connectivity index (χ2v) is 4.77. The molecule has 0 bridgehead atoms. The van der Waals surface area contributed by atoms with Gasteiger partial charge in [-0.05, 0) is 44.5 Å². The highest BCUT2D eigenvalue weighted by atomic mass is 19.1. The van der Waals surface area contributed by atoms with E-state index < -0.39 is 17.4 Å². The molecule has 0 aromatic heterocycles. The van der Waals surface area contributed by atoms with E-state index in [4.69, 9.17) is 9.47 Å². The maximum atomic E-state index is 13.6. The quantitative estimate of drug-likeness (QED) is 0.611. The molecule has 0 amide bonds. The molecule has 0 aliphatic carbocycles. The molecule has 0 heterocycles. The molecule has 0 radical (unpaired) electrons. The van der Waals surface area contributed by atoms with E-state index in [1.54, 1.807) is 52.1 Å². The van der Waals surface area contributed by atoms with Crippen LogP contribution in [0.4, 0.5) is 4.39 Å². The van der Waals surface area contributed by atoms with Crippen molar-refractivity contribution in [2.24, 2.45) is 0 Å². The van der Waals surface area contributed by atoms with Crippen LogP contribution in [0.3, 0.4) is 0 Å². The Morgan fingerprint density at radius 1 is 1.22 bits per heavy atom. The second-order valence-electron chi connectivity index (χ2n) is 4.77. The average molecular weight is 252 g/mol. The Labute approximate surface area is 106 Å². The first-order valence-corrected chi connectivity index (χ1v) is 5.56. The molecule has 1 aromatic carbocycles. The largest absolute Gasteiger partial charge is 0.497 e. The number of hydrogen-bond donors (Lipinski definition) is 0. The van der Waals surface area contributed by atoms with Gasteiger partial charge >= 0.3 is 5.97 Å². The monoisotopic (exact) mass is 252 g/mol. The van der Waals surface area contributed by atoms with Gasteiger partial charge in [0.25, 0.3) is 0 Å². The number of hydrogen-bond acceptors (Lipinski definition) is 3. The highest BCUT2D eigenvalue weighted by Crippen LogP contribution is 2.17. The van der Waals surface area contributed by atoms with Gasteiger partial charge in [0.2, 0.25) is 5.83 Å². The van der Waals surface area contributed by atoms with Crippen molar-refractivity contribution in [2.45, 2.75) is 26.4 Å². The van der Waals surface area contributed by atoms with Crippen LogP contribution in [0.1, 0.15) is 26.3 Å². The van der Waals surface area contributed by atoms with Gasteiger partial charge in [-0.15, -0.1) is 0 Å². The summed E-state index contributed by atoms with van der Waals surface area (Å²) >= 11 is 0. The van der Waals surface area contributed by atoms with Crippen LogP contribution in [-0.4, -0.2) is 18.7 Å². The predicted octanol–water partition coefficient (Wildman–Crippen LogP) is 3.35. The Kier molecular flexibility index (Phi) is 4.48. The lowest BCUT2D eigenvalue weighted by molar-refractivity contribution is -0.151. The van der Waals surface area contributed by atoms with Crippen molar-refractivity contribution in [2.75, 3.05) is 7.11 Å². The van der Waals surface area contributed by atoms with E-state index >= 15 is 0 Å². The normalized spacial score (nSPS) is 12.2. The fraction of sp³-hybridized carbons (Fsp3) is 0.357. The van der Waals surface area contributed by atoms with Crippen molar-refractivity contribution in [3.05, 3.63) is 35.7 Å². The molecular weight excluding hydrogens is 235 g/mol. The first-order valence-electron chi connectivity index (χ1n) is 5.56. The van der Waals surface area contributed by atoms with E-state index in [2.05, 4.69) is 0 Å². The van der Waals surface area contributed by atoms with Crippen LogP contribution >= 0.6 is 0 Å². The highest BCUT2D eigenvalue weighted by Gasteiger charge is 2.19. The summed E-state index contributed by atoms with van der Waals surface area (Å²) in [5.74, 6) is -1.21. The molecule has 0 aliphatic rings. The molecule has 1 aromatic rings. The fourth-order valence-corrected chi connectivity index (χ4v) is 1.23. The summed E-state index contributed by atoms with van der Waals surface area (Å²) in [5, 5.41) is 0. The second kappa shape index (κ2) is 5.67. The van der Waals surface area contributed by atoms with Crippen molar-refractivity contribution < 1.29 is 18.7 Å². The first kappa shape index (κ1) is 14.2. The summed E-state index contributed by atoms with van der Waals surface area (Å²) < 4.78 is 23.4. The van der Waals surface area contributed by atoms with Gasteiger partial charge in [0.1, 0.15) is 11.4 Å². The summed E-state index contributed by atoms with van der Waals surface area (Å²) in [6.45, 7) is 5.06. The van der Waals surface area contributed by atoms with Crippen LogP contribution in [0.2, 0.25) is 0 Å². The number of carbonyl (C=O) groups is 1. The molecule has 0 unspecified atom stereocenters. The third kappa shape index (κ3) is 4.57. The SMILES string of the molecule is COc1ccc(/C=C(\F)C(=O)OC(C)(C)C)cc1. The van der Waals surface area contributed by atoms with E-state index in [-0.39, 0.29) is 0 Å². The molecule has 0 saturated heterocycles. The summed E-state index contributed by atoms with van der Waals surface area (Å²) in [5.41, 5.74) is -0.138. The number of methoxy groups -OCH3 is 1. The molecule has 18 heavy (non-hydrogen) atoms. The zero-order valence-corrected chi connectivity index (χ0v) is 11.0. The molecule has 98 valence electrons. The standard InChI is InChI=1S/C14H17FO3/c1-14(2,3)18-13(16)12(15)9-10-5-7-11(17-4)8-6-10/h5-9H,1-4H3/b12-9-. The van der Waals surface area contributed by atoms with E-state index in [1.807, 2.05) is 0 Å². The summed E-state index contributed by atoms with van der Waals surface area (Å²) in [6.07, 6.45) is 1.13. The van der Waals surface area contributed by atoms with Crippen molar-refractivity contribution in [1.82, 2.24) is 0 Å². The van der Waals surface area contributed by atoms with Gasteiger partial charge in [0, 0.05) is 0 Å².